The van der Waals surface area contributed by atoms with Crippen LogP contribution in [-0.4, -0.2) is 36.7 Å². The van der Waals surface area contributed by atoms with E-state index in [1.54, 1.807) is 29.2 Å². The maximum absolute atomic E-state index is 12.6. The molecule has 0 spiro atoms. The first-order valence-electron chi connectivity index (χ1n) is 7.54. The zero-order valence-corrected chi connectivity index (χ0v) is 13.2. The number of hydrogen-bond donors (Lipinski definition) is 0. The fourth-order valence-corrected chi connectivity index (χ4v) is 2.98. The molecule has 0 N–H and O–H groups in total. The molecule has 2 atom stereocenters. The van der Waals surface area contributed by atoms with Gasteiger partial charge in [0.05, 0.1) is 18.7 Å². The fourth-order valence-electron chi connectivity index (χ4n) is 2.98. The number of benzene rings is 1. The summed E-state index contributed by atoms with van der Waals surface area (Å²) in [5.74, 6) is 0.0682. The molecule has 0 radical (unpaired) electrons. The molecule has 23 heavy (non-hydrogen) atoms. The average molecular weight is 313 g/mol. The molecule has 1 amide bonds. The number of para-hydroxylation sites is 1. The minimum atomic E-state index is -0.464. The number of amides is 1. The Morgan fingerprint density at radius 2 is 2.00 bits per heavy atom. The van der Waals surface area contributed by atoms with Gasteiger partial charge in [-0.3, -0.25) is 4.90 Å². The predicted octanol–water partition coefficient (Wildman–Crippen LogP) is 2.94. The molecule has 2 aliphatic heterocycles. The highest BCUT2D eigenvalue weighted by molar-refractivity contribution is 5.91. The van der Waals surface area contributed by atoms with Crippen LogP contribution in [0.15, 0.2) is 54.1 Å². The fraction of sp³-hybridized carbons (Fsp3) is 0.333. The molecule has 2 unspecified atom stereocenters. The molecule has 1 aromatic carbocycles. The van der Waals surface area contributed by atoms with Crippen molar-refractivity contribution in [1.82, 2.24) is 4.90 Å². The van der Waals surface area contributed by atoms with Crippen molar-refractivity contribution in [1.29, 1.82) is 0 Å². The molecule has 0 aromatic heterocycles. The van der Waals surface area contributed by atoms with Crippen molar-refractivity contribution in [2.45, 2.75) is 19.4 Å². The van der Waals surface area contributed by atoms with Gasteiger partial charge in [0.25, 0.3) is 0 Å². The van der Waals surface area contributed by atoms with Crippen molar-refractivity contribution in [3.8, 4) is 5.75 Å². The Labute approximate surface area is 135 Å². The van der Waals surface area contributed by atoms with Crippen molar-refractivity contribution >= 4 is 12.1 Å². The number of methoxy groups -OCH3 is 1. The minimum Gasteiger partial charge on any atom is -0.466 e. The van der Waals surface area contributed by atoms with Crippen LogP contribution < -0.4 is 4.74 Å². The first-order valence-corrected chi connectivity index (χ1v) is 7.54. The van der Waals surface area contributed by atoms with Gasteiger partial charge in [-0.15, -0.1) is 0 Å². The predicted molar refractivity (Wildman–Crippen MR) is 84.9 cm³/mol. The summed E-state index contributed by atoms with van der Waals surface area (Å²) in [5, 5.41) is 0. The second-order valence-corrected chi connectivity index (χ2v) is 6.12. The van der Waals surface area contributed by atoms with Crippen molar-refractivity contribution in [2.75, 3.05) is 13.7 Å². The molecule has 0 saturated carbocycles. The summed E-state index contributed by atoms with van der Waals surface area (Å²) in [4.78, 5) is 26.2. The first kappa shape index (κ1) is 15.3. The van der Waals surface area contributed by atoms with Crippen molar-refractivity contribution in [2.24, 2.45) is 5.41 Å². The first-order chi connectivity index (χ1) is 11.0. The van der Waals surface area contributed by atoms with Gasteiger partial charge in [-0.25, -0.2) is 9.59 Å². The van der Waals surface area contributed by atoms with E-state index in [0.29, 0.717) is 24.3 Å². The Morgan fingerprint density at radius 3 is 2.70 bits per heavy atom. The Kier molecular flexibility index (Phi) is 3.94. The second kappa shape index (κ2) is 5.91. The third-order valence-corrected chi connectivity index (χ3v) is 4.26. The van der Waals surface area contributed by atoms with Crippen LogP contribution in [0.3, 0.4) is 0 Å². The molecular weight excluding hydrogens is 294 g/mol. The highest BCUT2D eigenvalue weighted by Gasteiger charge is 2.41. The summed E-state index contributed by atoms with van der Waals surface area (Å²) in [6.45, 7) is 2.55. The maximum Gasteiger partial charge on any atom is 0.416 e. The number of nitrogens with zero attached hydrogens (tertiary/aromatic N) is 1. The third-order valence-electron chi connectivity index (χ3n) is 4.26. The lowest BCUT2D eigenvalue weighted by Crippen LogP contribution is -2.49. The zero-order chi connectivity index (χ0) is 16.4. The molecule has 1 aromatic rings. The molecule has 0 saturated heterocycles. The van der Waals surface area contributed by atoms with Crippen LogP contribution in [0, 0.1) is 5.41 Å². The van der Waals surface area contributed by atoms with E-state index in [1.807, 2.05) is 18.2 Å². The lowest BCUT2D eigenvalue weighted by Gasteiger charge is -2.37. The van der Waals surface area contributed by atoms with E-state index in [0.717, 1.165) is 0 Å². The normalized spacial score (nSPS) is 25.6. The number of fused-ring (bicyclic) bond motifs is 2. The molecule has 3 aliphatic rings. The van der Waals surface area contributed by atoms with Gasteiger partial charge in [-0.1, -0.05) is 43.4 Å². The van der Waals surface area contributed by atoms with Gasteiger partial charge in [0.2, 0.25) is 0 Å². The summed E-state index contributed by atoms with van der Waals surface area (Å²) >= 11 is 0. The lowest BCUT2D eigenvalue weighted by atomic mass is 9.84. The summed E-state index contributed by atoms with van der Waals surface area (Å²) in [6, 6.07) is 8.46. The molecular formula is C18H19NO4. The average Bonchev–Trinajstić information content (AvgIpc) is 2.82. The van der Waals surface area contributed by atoms with Crippen LogP contribution >= 0.6 is 0 Å². The standard InChI is InChI=1S/C18H19NO4/c1-18-10-8-14(16(20)22-2)15(9-11-18)19(12-18)17(21)23-13-6-4-3-5-7-13/h3-9,11,15H,10,12H2,1-2H3. The van der Waals surface area contributed by atoms with E-state index < -0.39 is 18.1 Å². The smallest absolute Gasteiger partial charge is 0.416 e. The van der Waals surface area contributed by atoms with Crippen LogP contribution in [0.2, 0.25) is 0 Å². The van der Waals surface area contributed by atoms with E-state index in [-0.39, 0.29) is 5.41 Å². The number of rotatable bonds is 2. The Hall–Kier alpha value is -2.56. The zero-order valence-electron chi connectivity index (χ0n) is 13.2. The van der Waals surface area contributed by atoms with Gasteiger partial charge >= 0.3 is 12.1 Å². The molecule has 5 nitrogen and oxygen atoms in total. The Balaban J connectivity index is 1.87. The van der Waals surface area contributed by atoms with Gasteiger partial charge in [0, 0.05) is 12.0 Å². The highest BCUT2D eigenvalue weighted by Crippen LogP contribution is 2.37. The number of ether oxygens (including phenoxy) is 2. The highest BCUT2D eigenvalue weighted by atomic mass is 16.6. The Morgan fingerprint density at radius 1 is 1.26 bits per heavy atom. The lowest BCUT2D eigenvalue weighted by molar-refractivity contribution is -0.136. The van der Waals surface area contributed by atoms with Gasteiger partial charge < -0.3 is 9.47 Å². The summed E-state index contributed by atoms with van der Waals surface area (Å²) in [6.07, 6.45) is 6.03. The van der Waals surface area contributed by atoms with Crippen molar-refractivity contribution < 1.29 is 19.1 Å². The summed E-state index contributed by atoms with van der Waals surface area (Å²) in [5.41, 5.74) is 0.275. The number of hydrogen-bond acceptors (Lipinski definition) is 4. The minimum absolute atomic E-state index is 0.206. The number of carbonyl (C=O) groups is 2. The monoisotopic (exact) mass is 313 g/mol. The van der Waals surface area contributed by atoms with Gasteiger partial charge in [0.15, 0.2) is 0 Å². The number of allylic oxidation sites excluding steroid dienone is 1. The summed E-state index contributed by atoms with van der Waals surface area (Å²) in [7, 11) is 1.35. The largest absolute Gasteiger partial charge is 0.466 e. The molecule has 2 bridgehead atoms. The van der Waals surface area contributed by atoms with Crippen LogP contribution in [-0.2, 0) is 9.53 Å². The SMILES string of the molecule is COC(=O)C1=CCC2(C)C=CC1N(C(=O)Oc1ccccc1)C2. The van der Waals surface area contributed by atoms with E-state index in [9.17, 15) is 9.59 Å². The van der Waals surface area contributed by atoms with E-state index in [2.05, 4.69) is 13.0 Å². The molecule has 5 heteroatoms. The van der Waals surface area contributed by atoms with E-state index in [4.69, 9.17) is 9.47 Å². The van der Waals surface area contributed by atoms with Crippen molar-refractivity contribution in [3.63, 3.8) is 0 Å². The van der Waals surface area contributed by atoms with Crippen LogP contribution in [0.4, 0.5) is 4.79 Å². The number of esters is 1. The number of carbonyl (C=O) groups excluding carboxylic acids is 2. The molecule has 4 rings (SSSR count). The van der Waals surface area contributed by atoms with Gasteiger partial charge in [-0.05, 0) is 18.6 Å². The molecule has 1 aliphatic carbocycles. The third kappa shape index (κ3) is 2.99. The van der Waals surface area contributed by atoms with Crippen LogP contribution in [0.1, 0.15) is 13.3 Å². The summed E-state index contributed by atoms with van der Waals surface area (Å²) < 4.78 is 10.3. The van der Waals surface area contributed by atoms with Gasteiger partial charge in [-0.2, -0.15) is 0 Å². The van der Waals surface area contributed by atoms with Gasteiger partial charge in [0.1, 0.15) is 5.75 Å². The van der Waals surface area contributed by atoms with E-state index in [1.165, 1.54) is 7.11 Å². The maximum atomic E-state index is 12.6. The second-order valence-electron chi connectivity index (χ2n) is 6.12. The quantitative estimate of drug-likeness (QED) is 0.622. The molecule has 2 heterocycles. The Bertz CT molecular complexity index is 680. The molecule has 0 fully saturated rings. The van der Waals surface area contributed by atoms with Crippen LogP contribution in [0.5, 0.6) is 5.75 Å². The topological polar surface area (TPSA) is 55.8 Å². The van der Waals surface area contributed by atoms with Crippen molar-refractivity contribution in [3.05, 3.63) is 54.1 Å². The molecule has 120 valence electrons. The van der Waals surface area contributed by atoms with Crippen LogP contribution in [0.25, 0.3) is 0 Å². The van der Waals surface area contributed by atoms with E-state index >= 15 is 0 Å².